The molecule has 0 radical (unpaired) electrons. The Kier molecular flexibility index (Phi) is 5.33. The van der Waals surface area contributed by atoms with Crippen LogP contribution in [0.5, 0.6) is 5.75 Å². The van der Waals surface area contributed by atoms with Gasteiger partial charge in [-0.15, -0.1) is 0 Å². The molecular formula is C18H26N2O2. The number of rotatable bonds is 6. The number of ether oxygens (including phenoxy) is 1. The number of aryl methyl sites for hydroxylation is 2. The predicted octanol–water partition coefficient (Wildman–Crippen LogP) is 2.16. The summed E-state index contributed by atoms with van der Waals surface area (Å²) in [5, 5.41) is 2.95. The highest BCUT2D eigenvalue weighted by atomic mass is 16.5. The first-order valence-corrected chi connectivity index (χ1v) is 8.55. The Labute approximate surface area is 132 Å². The summed E-state index contributed by atoms with van der Waals surface area (Å²) in [7, 11) is 0. The number of carbonyl (C=O) groups is 1. The summed E-state index contributed by atoms with van der Waals surface area (Å²) in [5.74, 6) is 0.782. The third kappa shape index (κ3) is 4.23. The Balaban J connectivity index is 1.35. The summed E-state index contributed by atoms with van der Waals surface area (Å²) in [4.78, 5) is 14.3. The minimum Gasteiger partial charge on any atom is -0.484 e. The van der Waals surface area contributed by atoms with Crippen LogP contribution in [0.2, 0.25) is 0 Å². The second-order valence-corrected chi connectivity index (χ2v) is 6.32. The Morgan fingerprint density at radius 3 is 2.77 bits per heavy atom. The van der Waals surface area contributed by atoms with Gasteiger partial charge in [0.1, 0.15) is 5.75 Å². The Bertz CT molecular complexity index is 510. The summed E-state index contributed by atoms with van der Waals surface area (Å²) < 4.78 is 5.61. The molecule has 0 spiro atoms. The predicted molar refractivity (Wildman–Crippen MR) is 87.3 cm³/mol. The second kappa shape index (κ2) is 7.63. The Morgan fingerprint density at radius 2 is 1.91 bits per heavy atom. The lowest BCUT2D eigenvalue weighted by atomic mass is 10.1. The number of amides is 1. The third-order valence-corrected chi connectivity index (χ3v) is 4.64. The van der Waals surface area contributed by atoms with E-state index in [0.717, 1.165) is 18.7 Å². The van der Waals surface area contributed by atoms with Crippen LogP contribution in [-0.2, 0) is 17.6 Å². The van der Waals surface area contributed by atoms with E-state index in [2.05, 4.69) is 22.3 Å². The molecule has 4 nitrogen and oxygen atoms in total. The third-order valence-electron chi connectivity index (χ3n) is 4.64. The zero-order chi connectivity index (χ0) is 15.2. The Morgan fingerprint density at radius 1 is 1.09 bits per heavy atom. The van der Waals surface area contributed by atoms with Crippen molar-refractivity contribution in [1.29, 1.82) is 0 Å². The minimum absolute atomic E-state index is 0.0301. The number of fused-ring (bicyclic) bond motifs is 1. The van der Waals surface area contributed by atoms with E-state index in [4.69, 9.17) is 4.74 Å². The summed E-state index contributed by atoms with van der Waals surface area (Å²) >= 11 is 0. The van der Waals surface area contributed by atoms with Crippen molar-refractivity contribution >= 4 is 5.91 Å². The number of likely N-dealkylation sites (tertiary alicyclic amines) is 1. The molecule has 1 aliphatic carbocycles. The molecule has 0 unspecified atom stereocenters. The second-order valence-electron chi connectivity index (χ2n) is 6.32. The molecular weight excluding hydrogens is 276 g/mol. The number of piperidine rings is 1. The lowest BCUT2D eigenvalue weighted by molar-refractivity contribution is -0.123. The Hall–Kier alpha value is -1.55. The number of hydrogen-bond acceptors (Lipinski definition) is 3. The van der Waals surface area contributed by atoms with Gasteiger partial charge in [0.2, 0.25) is 0 Å². The number of carbonyl (C=O) groups excluding carboxylic acids is 1. The van der Waals surface area contributed by atoms with Crippen molar-refractivity contribution in [1.82, 2.24) is 10.2 Å². The average molecular weight is 302 g/mol. The van der Waals surface area contributed by atoms with Crippen molar-refractivity contribution < 1.29 is 9.53 Å². The molecule has 1 aromatic rings. The first kappa shape index (κ1) is 15.3. The number of nitrogens with one attached hydrogen (secondary N) is 1. The van der Waals surface area contributed by atoms with E-state index in [0.29, 0.717) is 6.54 Å². The molecule has 0 atom stereocenters. The van der Waals surface area contributed by atoms with E-state index in [9.17, 15) is 4.79 Å². The molecule has 3 rings (SSSR count). The van der Waals surface area contributed by atoms with Gasteiger partial charge in [0.25, 0.3) is 5.91 Å². The molecule has 0 aromatic heterocycles. The minimum atomic E-state index is -0.0301. The molecule has 2 aliphatic rings. The molecule has 0 bridgehead atoms. The fourth-order valence-electron chi connectivity index (χ4n) is 3.37. The number of benzene rings is 1. The lowest BCUT2D eigenvalue weighted by Crippen LogP contribution is -2.39. The monoisotopic (exact) mass is 302 g/mol. The van der Waals surface area contributed by atoms with Crippen molar-refractivity contribution in [2.24, 2.45) is 0 Å². The van der Waals surface area contributed by atoms with Gasteiger partial charge in [-0.25, -0.2) is 0 Å². The van der Waals surface area contributed by atoms with Crippen LogP contribution >= 0.6 is 0 Å². The summed E-state index contributed by atoms with van der Waals surface area (Å²) in [5.41, 5.74) is 2.81. The molecule has 1 N–H and O–H groups in total. The van der Waals surface area contributed by atoms with Crippen LogP contribution in [0.15, 0.2) is 18.2 Å². The van der Waals surface area contributed by atoms with Crippen LogP contribution in [0.1, 0.15) is 36.8 Å². The molecule has 1 aromatic carbocycles. The van der Waals surface area contributed by atoms with Gasteiger partial charge in [-0.3, -0.25) is 4.79 Å². The first-order chi connectivity index (χ1) is 10.8. The zero-order valence-electron chi connectivity index (χ0n) is 13.3. The van der Waals surface area contributed by atoms with Gasteiger partial charge in [-0.2, -0.15) is 0 Å². The topological polar surface area (TPSA) is 41.6 Å². The highest BCUT2D eigenvalue weighted by molar-refractivity contribution is 5.77. The smallest absolute Gasteiger partial charge is 0.257 e. The zero-order valence-corrected chi connectivity index (χ0v) is 13.3. The molecule has 0 saturated carbocycles. The van der Waals surface area contributed by atoms with E-state index in [1.807, 2.05) is 6.07 Å². The molecule has 1 amide bonds. The van der Waals surface area contributed by atoms with Crippen LogP contribution in [0.25, 0.3) is 0 Å². The van der Waals surface area contributed by atoms with Crippen LogP contribution in [0.4, 0.5) is 0 Å². The fourth-order valence-corrected chi connectivity index (χ4v) is 3.37. The normalized spacial score (nSPS) is 18.0. The molecule has 4 heteroatoms. The van der Waals surface area contributed by atoms with E-state index in [-0.39, 0.29) is 12.5 Å². The molecule has 1 fully saturated rings. The standard InChI is InChI=1S/C18H26N2O2/c21-18(19-9-12-20-10-2-1-3-11-20)14-22-17-8-7-15-5-4-6-16(15)13-17/h7-8,13H,1-6,9-12,14H2,(H,19,21). The summed E-state index contributed by atoms with van der Waals surface area (Å²) in [6.45, 7) is 4.11. The van der Waals surface area contributed by atoms with Crippen LogP contribution < -0.4 is 10.1 Å². The maximum atomic E-state index is 11.8. The van der Waals surface area contributed by atoms with E-state index >= 15 is 0 Å². The van der Waals surface area contributed by atoms with Crippen molar-refractivity contribution in [3.8, 4) is 5.75 Å². The number of nitrogens with zero attached hydrogens (tertiary/aromatic N) is 1. The van der Waals surface area contributed by atoms with E-state index in [1.165, 1.54) is 56.3 Å². The molecule has 1 heterocycles. The molecule has 1 aliphatic heterocycles. The number of hydrogen-bond donors (Lipinski definition) is 1. The largest absolute Gasteiger partial charge is 0.484 e. The quantitative estimate of drug-likeness (QED) is 0.875. The van der Waals surface area contributed by atoms with E-state index in [1.54, 1.807) is 0 Å². The van der Waals surface area contributed by atoms with Gasteiger partial charge in [-0.1, -0.05) is 12.5 Å². The highest BCUT2D eigenvalue weighted by Crippen LogP contribution is 2.25. The lowest BCUT2D eigenvalue weighted by Gasteiger charge is -2.26. The summed E-state index contributed by atoms with van der Waals surface area (Å²) in [6.07, 6.45) is 7.46. The van der Waals surface area contributed by atoms with Crippen LogP contribution in [0.3, 0.4) is 0 Å². The molecule has 22 heavy (non-hydrogen) atoms. The van der Waals surface area contributed by atoms with Crippen molar-refractivity contribution in [3.63, 3.8) is 0 Å². The fraction of sp³-hybridized carbons (Fsp3) is 0.611. The van der Waals surface area contributed by atoms with Gasteiger partial charge in [0.05, 0.1) is 0 Å². The van der Waals surface area contributed by atoms with Gasteiger partial charge >= 0.3 is 0 Å². The van der Waals surface area contributed by atoms with Crippen LogP contribution in [0, 0.1) is 0 Å². The van der Waals surface area contributed by atoms with Crippen molar-refractivity contribution in [3.05, 3.63) is 29.3 Å². The maximum absolute atomic E-state index is 11.8. The van der Waals surface area contributed by atoms with Crippen LogP contribution in [-0.4, -0.2) is 43.6 Å². The van der Waals surface area contributed by atoms with E-state index < -0.39 is 0 Å². The maximum Gasteiger partial charge on any atom is 0.257 e. The van der Waals surface area contributed by atoms with Crippen molar-refractivity contribution in [2.75, 3.05) is 32.8 Å². The highest BCUT2D eigenvalue weighted by Gasteiger charge is 2.12. The molecule has 1 saturated heterocycles. The SMILES string of the molecule is O=C(COc1ccc2c(c1)CCC2)NCCN1CCCCC1. The first-order valence-electron chi connectivity index (χ1n) is 8.55. The van der Waals surface area contributed by atoms with Crippen molar-refractivity contribution in [2.45, 2.75) is 38.5 Å². The average Bonchev–Trinajstić information content (AvgIpc) is 3.01. The van der Waals surface area contributed by atoms with Gasteiger partial charge in [-0.05, 0) is 68.5 Å². The van der Waals surface area contributed by atoms with Gasteiger partial charge < -0.3 is 15.0 Å². The van der Waals surface area contributed by atoms with Gasteiger partial charge in [0.15, 0.2) is 6.61 Å². The summed E-state index contributed by atoms with van der Waals surface area (Å²) in [6, 6.07) is 6.19. The molecule has 120 valence electrons. The van der Waals surface area contributed by atoms with Gasteiger partial charge in [0, 0.05) is 13.1 Å².